The van der Waals surface area contributed by atoms with Gasteiger partial charge >= 0.3 is 12.0 Å². The van der Waals surface area contributed by atoms with E-state index in [1.54, 1.807) is 0 Å². The van der Waals surface area contributed by atoms with Crippen LogP contribution in [0.15, 0.2) is 0 Å². The highest BCUT2D eigenvalue weighted by Crippen LogP contribution is 2.20. The first-order valence-electron chi connectivity index (χ1n) is 6.13. The van der Waals surface area contributed by atoms with Crippen LogP contribution in [0.2, 0.25) is 0 Å². The average molecular weight is 302 g/mol. The minimum absolute atomic E-state index is 0.0107. The summed E-state index contributed by atoms with van der Waals surface area (Å²) in [7, 11) is 1.37. The van der Waals surface area contributed by atoms with E-state index in [9.17, 15) is 19.2 Å². The van der Waals surface area contributed by atoms with E-state index >= 15 is 0 Å². The molecule has 1 aliphatic rings. The molecule has 21 heavy (non-hydrogen) atoms. The van der Waals surface area contributed by atoms with Gasteiger partial charge in [0.25, 0.3) is 0 Å². The third-order valence-electron chi connectivity index (χ3n) is 3.13. The molecule has 0 aliphatic carbocycles. The Labute approximate surface area is 120 Å². The van der Waals surface area contributed by atoms with Gasteiger partial charge in [-0.05, 0) is 0 Å². The lowest BCUT2D eigenvalue weighted by atomic mass is 10.0. The number of carbonyl (C=O) groups excluding carboxylic acids is 3. The Bertz CT molecular complexity index is 438. The number of likely N-dealkylation sites (N-methyl/N-ethyl adjacent to an activating group) is 1. The van der Waals surface area contributed by atoms with Crippen LogP contribution in [-0.4, -0.2) is 78.1 Å². The molecular weight excluding hydrogens is 284 g/mol. The van der Waals surface area contributed by atoms with Gasteiger partial charge in [0.15, 0.2) is 0 Å². The highest BCUT2D eigenvalue weighted by atomic mass is 16.5. The van der Waals surface area contributed by atoms with Crippen molar-refractivity contribution in [3.63, 3.8) is 0 Å². The van der Waals surface area contributed by atoms with Crippen molar-refractivity contribution >= 4 is 23.8 Å². The Morgan fingerprint density at radius 3 is 2.10 bits per heavy atom. The van der Waals surface area contributed by atoms with Gasteiger partial charge in [-0.15, -0.1) is 0 Å². The maximum absolute atomic E-state index is 12.3. The monoisotopic (exact) mass is 302 g/mol. The fraction of sp³-hybridized carbons (Fsp3) is 0.636. The molecule has 0 spiro atoms. The molecule has 1 rings (SSSR count). The Morgan fingerprint density at radius 2 is 1.67 bits per heavy atom. The molecule has 0 bridgehead atoms. The summed E-state index contributed by atoms with van der Waals surface area (Å²) in [6.07, 6.45) is 0. The molecule has 2 unspecified atom stereocenters. The number of nitrogens with zero attached hydrogens (tertiary/aromatic N) is 2. The molecule has 1 fully saturated rings. The van der Waals surface area contributed by atoms with E-state index in [0.29, 0.717) is 0 Å². The van der Waals surface area contributed by atoms with Gasteiger partial charge < -0.3 is 31.1 Å². The third kappa shape index (κ3) is 4.31. The molecule has 5 N–H and O–H groups in total. The van der Waals surface area contributed by atoms with E-state index in [4.69, 9.17) is 21.3 Å². The van der Waals surface area contributed by atoms with E-state index in [-0.39, 0.29) is 13.2 Å². The van der Waals surface area contributed by atoms with Gasteiger partial charge in [-0.1, -0.05) is 0 Å². The zero-order valence-electron chi connectivity index (χ0n) is 11.5. The number of aliphatic carboxylic acids is 1. The van der Waals surface area contributed by atoms with E-state index in [2.05, 4.69) is 0 Å². The molecule has 0 aromatic rings. The van der Waals surface area contributed by atoms with E-state index < -0.39 is 48.9 Å². The van der Waals surface area contributed by atoms with Crippen LogP contribution >= 0.6 is 0 Å². The molecular formula is C11H18N4O6. The van der Waals surface area contributed by atoms with Crippen LogP contribution in [0.3, 0.4) is 0 Å². The van der Waals surface area contributed by atoms with Crippen molar-refractivity contribution in [1.29, 1.82) is 0 Å². The molecule has 10 heteroatoms. The lowest BCUT2D eigenvalue weighted by Gasteiger charge is -2.31. The number of urea groups is 1. The first kappa shape index (κ1) is 16.7. The second-order valence-electron chi connectivity index (χ2n) is 4.73. The number of hydrogen-bond acceptors (Lipinski definition) is 5. The van der Waals surface area contributed by atoms with Crippen molar-refractivity contribution in [3.8, 4) is 0 Å². The number of carbonyl (C=O) groups is 4. The van der Waals surface area contributed by atoms with Gasteiger partial charge in [-0.3, -0.25) is 14.4 Å². The summed E-state index contributed by atoms with van der Waals surface area (Å²) in [6, 6.07) is -1.41. The van der Waals surface area contributed by atoms with Crippen LogP contribution in [0.5, 0.6) is 0 Å². The Balaban J connectivity index is 2.83. The maximum atomic E-state index is 12.3. The summed E-state index contributed by atoms with van der Waals surface area (Å²) in [5, 5.41) is 9.06. The molecule has 4 amide bonds. The summed E-state index contributed by atoms with van der Waals surface area (Å²) in [5.74, 6) is -3.58. The lowest BCUT2D eigenvalue weighted by Crippen LogP contribution is -2.53. The summed E-state index contributed by atoms with van der Waals surface area (Å²) in [4.78, 5) is 47.2. The summed E-state index contributed by atoms with van der Waals surface area (Å²) in [5.41, 5.74) is 10.0. The summed E-state index contributed by atoms with van der Waals surface area (Å²) < 4.78 is 5.07. The third-order valence-corrected chi connectivity index (χ3v) is 3.13. The number of rotatable bonds is 6. The Hall–Kier alpha value is -2.36. The molecule has 1 aliphatic heterocycles. The Kier molecular flexibility index (Phi) is 5.47. The van der Waals surface area contributed by atoms with Crippen LogP contribution in [0.1, 0.15) is 0 Å². The van der Waals surface area contributed by atoms with E-state index in [0.717, 1.165) is 9.80 Å². The first-order chi connectivity index (χ1) is 9.73. The fourth-order valence-electron chi connectivity index (χ4n) is 2.09. The topological polar surface area (TPSA) is 156 Å². The van der Waals surface area contributed by atoms with Crippen LogP contribution < -0.4 is 11.5 Å². The van der Waals surface area contributed by atoms with E-state index in [1.165, 1.54) is 7.05 Å². The number of ether oxygens (including phenoxy) is 1. The highest BCUT2D eigenvalue weighted by molar-refractivity contribution is 5.87. The maximum Gasteiger partial charge on any atom is 0.321 e. The van der Waals surface area contributed by atoms with Gasteiger partial charge in [0.2, 0.25) is 11.8 Å². The number of carboxylic acid groups (broad SMARTS) is 1. The van der Waals surface area contributed by atoms with Gasteiger partial charge in [0, 0.05) is 7.05 Å². The minimum Gasteiger partial charge on any atom is -0.481 e. The molecule has 118 valence electrons. The molecule has 0 radical (unpaired) electrons. The van der Waals surface area contributed by atoms with Gasteiger partial charge in [0.05, 0.1) is 19.3 Å². The van der Waals surface area contributed by atoms with Crippen LogP contribution in [0.4, 0.5) is 4.79 Å². The van der Waals surface area contributed by atoms with Gasteiger partial charge in [-0.25, -0.2) is 4.79 Å². The normalized spacial score (nSPS) is 20.8. The zero-order chi connectivity index (χ0) is 16.2. The number of carboxylic acids is 1. The van der Waals surface area contributed by atoms with Crippen molar-refractivity contribution in [1.82, 2.24) is 9.80 Å². The van der Waals surface area contributed by atoms with Gasteiger partial charge in [0.1, 0.15) is 19.0 Å². The lowest BCUT2D eigenvalue weighted by molar-refractivity contribution is -0.143. The van der Waals surface area contributed by atoms with Crippen molar-refractivity contribution in [2.75, 3.05) is 33.4 Å². The van der Waals surface area contributed by atoms with Crippen molar-refractivity contribution < 1.29 is 29.0 Å². The molecule has 0 aromatic carbocycles. The van der Waals surface area contributed by atoms with Crippen LogP contribution in [-0.2, 0) is 19.1 Å². The zero-order valence-corrected chi connectivity index (χ0v) is 11.5. The van der Waals surface area contributed by atoms with Gasteiger partial charge in [-0.2, -0.15) is 0 Å². The fourth-order valence-corrected chi connectivity index (χ4v) is 2.09. The van der Waals surface area contributed by atoms with Crippen LogP contribution in [0, 0.1) is 5.92 Å². The van der Waals surface area contributed by atoms with Crippen molar-refractivity contribution in [2.45, 2.75) is 6.04 Å². The van der Waals surface area contributed by atoms with Crippen molar-refractivity contribution in [3.05, 3.63) is 0 Å². The SMILES string of the molecule is CN(C(=O)N(CC(N)=O)CC(N)=O)C1COCC1C(=O)O. The smallest absolute Gasteiger partial charge is 0.321 e. The van der Waals surface area contributed by atoms with Crippen molar-refractivity contribution in [2.24, 2.45) is 17.4 Å². The number of primary amides is 2. The summed E-state index contributed by atoms with van der Waals surface area (Å²) in [6.45, 7) is -0.932. The molecule has 2 atom stereocenters. The number of hydrogen-bond donors (Lipinski definition) is 3. The Morgan fingerprint density at radius 1 is 1.14 bits per heavy atom. The predicted octanol–water partition coefficient (Wildman–Crippen LogP) is -2.59. The molecule has 1 saturated heterocycles. The minimum atomic E-state index is -1.09. The number of amides is 4. The largest absolute Gasteiger partial charge is 0.481 e. The molecule has 0 saturated carbocycles. The molecule has 0 aromatic heterocycles. The van der Waals surface area contributed by atoms with E-state index in [1.807, 2.05) is 0 Å². The quantitative estimate of drug-likeness (QED) is 0.488. The molecule has 1 heterocycles. The summed E-state index contributed by atoms with van der Waals surface area (Å²) >= 11 is 0. The molecule has 10 nitrogen and oxygen atoms in total. The highest BCUT2D eigenvalue weighted by Gasteiger charge is 2.39. The predicted molar refractivity (Wildman–Crippen MR) is 68.9 cm³/mol. The van der Waals surface area contributed by atoms with Crippen LogP contribution in [0.25, 0.3) is 0 Å². The first-order valence-corrected chi connectivity index (χ1v) is 6.13. The average Bonchev–Trinajstić information content (AvgIpc) is 2.84. The standard InChI is InChI=1S/C11H18N4O6/c1-14(7-5-21-4-6(7)10(18)19)11(20)15(2-8(12)16)3-9(13)17/h6-7H,2-5H2,1H3,(H2,12,16)(H2,13,17)(H,18,19). The second kappa shape index (κ2) is 6.88. The number of nitrogens with two attached hydrogens (primary N) is 2. The second-order valence-corrected chi connectivity index (χ2v) is 4.73.